The summed E-state index contributed by atoms with van der Waals surface area (Å²) < 4.78 is 10.3. The van der Waals surface area contributed by atoms with Crippen LogP contribution in [0.1, 0.15) is 56.9 Å². The number of para-hydroxylation sites is 2. The second-order valence-electron chi connectivity index (χ2n) is 17.7. The zero-order valence-electron chi connectivity index (χ0n) is 36.8. The molecule has 0 amide bonds. The Labute approximate surface area is 381 Å². The number of fused-ring (bicyclic) bond motifs is 7. The molecule has 0 fully saturated rings. The maximum absolute atomic E-state index is 6.45. The van der Waals surface area contributed by atoms with E-state index in [1.54, 1.807) is 4.40 Å². The topological polar surface area (TPSA) is 56.7 Å². The number of hydrogen-bond donors (Lipinski definition) is 0. The van der Waals surface area contributed by atoms with Gasteiger partial charge in [-0.05, 0) is 58.8 Å². The van der Waals surface area contributed by atoms with Crippen molar-refractivity contribution in [3.05, 3.63) is 163 Å². The fraction of sp³-hybridized carbons (Fsp3) is 0.218. The van der Waals surface area contributed by atoms with Crippen LogP contribution in [-0.2, 0) is 26.5 Å². The van der Waals surface area contributed by atoms with E-state index in [0.717, 1.165) is 73.8 Å². The minimum absolute atomic E-state index is 0. The number of aryl methyl sites for hydroxylation is 1. The van der Waals surface area contributed by atoms with Gasteiger partial charge in [-0.15, -0.1) is 18.2 Å². The number of nitrogens with zero attached hydrogens (tertiary/aromatic N) is 4. The van der Waals surface area contributed by atoms with Crippen LogP contribution < -0.4 is 4.40 Å². The summed E-state index contributed by atoms with van der Waals surface area (Å²) in [6.45, 7) is 11.2. The number of furan rings is 1. The first-order chi connectivity index (χ1) is 29.5. The zero-order valence-corrected chi connectivity index (χ0v) is 41.3. The molecular weight excluding hydrogens is 997 g/mol. The predicted octanol–water partition coefficient (Wildman–Crippen LogP) is 14.2. The standard InChI is InChI=1S/C36H26N3O.C19H26GeN.Ir/c1-21(2)32-25-13-6-4-11-23(25)24-12-5-7-14-26(24)33(32)39-31-18-9-8-17-30(31)38-35(39)29-16-10-15-27-28-20-19-22(3)37-36(28)40-34(27)29;1-6-15(2)12-17-13-19(16-10-8-7-9-11-16)21-14-18(17)20(3,4)5;/h4-15,17-21H,1-3H3;7-10,13-15H,6,12H2,1-5H3;/q2*-1;. The maximum atomic E-state index is 6.45. The van der Waals surface area contributed by atoms with Crippen molar-refractivity contribution in [1.29, 1.82) is 0 Å². The Bertz CT molecular complexity index is 3220. The SMILES string of the molecule is CCC(C)Cc1cc(-c2[c-]cccc2)nc[c]1[Ge]([CH3])([CH3])[CH3].Cc1ccc2c(n1)oc1c(-c3nc4ccccc4n3-c3c(C(C)C)c4ccccc4c4ccccc34)[c-]ccc12.[Ir]. The van der Waals surface area contributed by atoms with Crippen LogP contribution in [0.25, 0.3) is 83.0 Å². The van der Waals surface area contributed by atoms with Crippen molar-refractivity contribution in [3.63, 3.8) is 0 Å². The molecule has 313 valence electrons. The normalized spacial score (nSPS) is 12.3. The van der Waals surface area contributed by atoms with Gasteiger partial charge in [-0.2, -0.15) is 0 Å². The molecule has 1 radical (unpaired) electrons. The number of rotatable bonds is 8. The van der Waals surface area contributed by atoms with Gasteiger partial charge in [-0.3, -0.25) is 4.98 Å². The molecule has 1 atom stereocenters. The molecule has 0 bridgehead atoms. The summed E-state index contributed by atoms with van der Waals surface area (Å²) in [5.41, 5.74) is 11.2. The molecule has 0 saturated carbocycles. The van der Waals surface area contributed by atoms with E-state index < -0.39 is 13.3 Å². The zero-order chi connectivity index (χ0) is 42.4. The summed E-state index contributed by atoms with van der Waals surface area (Å²) in [6, 6.07) is 51.2. The van der Waals surface area contributed by atoms with E-state index in [-0.39, 0.29) is 26.0 Å². The van der Waals surface area contributed by atoms with E-state index in [0.29, 0.717) is 5.71 Å². The van der Waals surface area contributed by atoms with Crippen molar-refractivity contribution >= 4 is 72.3 Å². The smallest absolute Gasteiger partial charge is 0.216 e. The molecular formula is C55H52GeIrN4O-2. The Morgan fingerprint density at radius 2 is 1.40 bits per heavy atom. The van der Waals surface area contributed by atoms with Gasteiger partial charge in [0.15, 0.2) is 0 Å². The minimum Gasteiger partial charge on any atom is -0.486 e. The molecule has 0 spiro atoms. The summed E-state index contributed by atoms with van der Waals surface area (Å²) >= 11 is -1.87. The van der Waals surface area contributed by atoms with Crippen LogP contribution in [0, 0.1) is 25.0 Å². The number of pyridine rings is 2. The van der Waals surface area contributed by atoms with Gasteiger partial charge in [0.05, 0.1) is 28.1 Å². The Balaban J connectivity index is 0.000000205. The molecule has 0 N–H and O–H groups in total. The van der Waals surface area contributed by atoms with Crippen molar-refractivity contribution in [3.8, 4) is 28.3 Å². The largest absolute Gasteiger partial charge is 0.486 e. The number of hydrogen-bond acceptors (Lipinski definition) is 4. The second-order valence-corrected chi connectivity index (χ2v) is 28.3. The van der Waals surface area contributed by atoms with Gasteiger partial charge in [0.2, 0.25) is 5.71 Å². The van der Waals surface area contributed by atoms with Crippen LogP contribution in [0.3, 0.4) is 0 Å². The molecule has 4 aromatic heterocycles. The van der Waals surface area contributed by atoms with E-state index in [9.17, 15) is 0 Å². The Kier molecular flexibility index (Phi) is 12.4. The minimum atomic E-state index is -1.87. The van der Waals surface area contributed by atoms with Crippen LogP contribution in [0.2, 0.25) is 17.3 Å². The van der Waals surface area contributed by atoms with E-state index >= 15 is 0 Å². The Morgan fingerprint density at radius 3 is 2.11 bits per heavy atom. The average molecular weight is 1050 g/mol. The molecule has 6 aromatic carbocycles. The summed E-state index contributed by atoms with van der Waals surface area (Å²) in [5, 5.41) is 6.97. The Hall–Kier alpha value is -5.40. The average Bonchev–Trinajstić information content (AvgIpc) is 3.84. The van der Waals surface area contributed by atoms with Crippen LogP contribution >= 0.6 is 0 Å². The quantitative estimate of drug-likeness (QED) is 0.0864. The summed E-state index contributed by atoms with van der Waals surface area (Å²) in [4.78, 5) is 14.6. The van der Waals surface area contributed by atoms with Crippen LogP contribution in [0.4, 0.5) is 0 Å². The third kappa shape index (κ3) is 8.05. The van der Waals surface area contributed by atoms with Gasteiger partial charge >= 0.3 is 132 Å². The number of aromatic nitrogens is 4. The second kappa shape index (κ2) is 17.8. The molecule has 0 saturated heterocycles. The third-order valence-corrected chi connectivity index (χ3v) is 16.4. The maximum Gasteiger partial charge on any atom is 0.216 e. The number of benzene rings is 6. The van der Waals surface area contributed by atoms with Crippen LogP contribution in [0.15, 0.2) is 138 Å². The molecule has 0 aliphatic carbocycles. The first-order valence-corrected chi connectivity index (χ1v) is 28.9. The van der Waals surface area contributed by atoms with E-state index in [2.05, 4.69) is 170 Å². The summed E-state index contributed by atoms with van der Waals surface area (Å²) in [5.74, 6) is 9.16. The molecule has 0 aliphatic heterocycles. The fourth-order valence-corrected chi connectivity index (χ4v) is 12.2. The van der Waals surface area contributed by atoms with Gasteiger partial charge in [0.25, 0.3) is 0 Å². The van der Waals surface area contributed by atoms with Gasteiger partial charge < -0.3 is 8.98 Å². The molecule has 4 heterocycles. The van der Waals surface area contributed by atoms with Crippen molar-refractivity contribution < 1.29 is 24.5 Å². The molecule has 10 rings (SSSR count). The van der Waals surface area contributed by atoms with Crippen molar-refractivity contribution in [2.75, 3.05) is 0 Å². The van der Waals surface area contributed by atoms with Gasteiger partial charge in [-0.25, -0.2) is 4.98 Å². The van der Waals surface area contributed by atoms with Gasteiger partial charge in [-0.1, -0.05) is 85.5 Å². The first-order valence-electron chi connectivity index (χ1n) is 21.6. The monoisotopic (exact) mass is 1050 g/mol. The third-order valence-electron chi connectivity index (χ3n) is 12.0. The molecule has 5 nitrogen and oxygen atoms in total. The Morgan fingerprint density at radius 1 is 0.710 bits per heavy atom. The van der Waals surface area contributed by atoms with Crippen LogP contribution in [0.5, 0.6) is 0 Å². The van der Waals surface area contributed by atoms with Gasteiger partial charge in [0.1, 0.15) is 0 Å². The van der Waals surface area contributed by atoms with E-state index in [1.807, 2.05) is 37.3 Å². The molecule has 1 unspecified atom stereocenters. The predicted molar refractivity (Wildman–Crippen MR) is 259 cm³/mol. The van der Waals surface area contributed by atoms with E-state index in [4.69, 9.17) is 14.4 Å². The van der Waals surface area contributed by atoms with Crippen molar-refractivity contribution in [2.45, 2.75) is 70.6 Å². The fourth-order valence-electron chi connectivity index (χ4n) is 8.84. The van der Waals surface area contributed by atoms with Gasteiger partial charge in [0, 0.05) is 36.6 Å². The molecule has 0 aliphatic rings. The first kappa shape index (κ1) is 43.3. The molecule has 62 heavy (non-hydrogen) atoms. The van der Waals surface area contributed by atoms with E-state index in [1.165, 1.54) is 39.1 Å². The molecule has 10 aromatic rings. The summed E-state index contributed by atoms with van der Waals surface area (Å²) in [7, 11) is 0. The van der Waals surface area contributed by atoms with Crippen molar-refractivity contribution in [1.82, 2.24) is 19.5 Å². The van der Waals surface area contributed by atoms with Crippen LogP contribution in [-0.4, -0.2) is 32.8 Å². The number of imidazole rings is 1. The van der Waals surface area contributed by atoms with Crippen molar-refractivity contribution in [2.24, 2.45) is 5.92 Å². The summed E-state index contributed by atoms with van der Waals surface area (Å²) in [6.07, 6.45) is 4.54. The molecule has 7 heteroatoms.